The molecule has 8 heteroatoms. The number of pyridine rings is 1. The molecule has 0 unspecified atom stereocenters. The van der Waals surface area contributed by atoms with Crippen molar-refractivity contribution in [3.8, 4) is 0 Å². The van der Waals surface area contributed by atoms with Gasteiger partial charge in [-0.1, -0.05) is 6.07 Å². The van der Waals surface area contributed by atoms with Crippen LogP contribution in [0.4, 0.5) is 5.82 Å². The van der Waals surface area contributed by atoms with Crippen LogP contribution in [0.3, 0.4) is 0 Å². The van der Waals surface area contributed by atoms with E-state index in [1.54, 1.807) is 25.1 Å². The fourth-order valence-corrected chi connectivity index (χ4v) is 2.46. The zero-order valence-corrected chi connectivity index (χ0v) is 11.1. The summed E-state index contributed by atoms with van der Waals surface area (Å²) in [6, 6.07) is 5.06. The lowest BCUT2D eigenvalue weighted by Gasteiger charge is -2.05. The minimum atomic E-state index is -3.71. The van der Waals surface area contributed by atoms with Crippen molar-refractivity contribution >= 4 is 15.8 Å². The minimum Gasteiger partial charge on any atom is -0.394 e. The van der Waals surface area contributed by atoms with Crippen molar-refractivity contribution in [2.24, 2.45) is 0 Å². The summed E-state index contributed by atoms with van der Waals surface area (Å²) >= 11 is 0. The molecule has 0 aromatic carbocycles. The summed E-state index contributed by atoms with van der Waals surface area (Å²) in [6.07, 6.45) is 2.59. The molecule has 0 saturated heterocycles. The number of aryl methyl sites for hydroxylation is 1. The molecule has 19 heavy (non-hydrogen) atoms. The van der Waals surface area contributed by atoms with Gasteiger partial charge in [-0.3, -0.25) is 9.40 Å². The molecular weight excluding hydrogens is 268 g/mol. The maximum atomic E-state index is 12.1. The zero-order valence-electron chi connectivity index (χ0n) is 10.3. The number of aromatic nitrogens is 3. The van der Waals surface area contributed by atoms with Crippen molar-refractivity contribution in [1.29, 1.82) is 0 Å². The second-order valence-electron chi connectivity index (χ2n) is 3.93. The molecule has 102 valence electrons. The van der Waals surface area contributed by atoms with E-state index in [9.17, 15) is 8.42 Å². The number of anilines is 1. The lowest BCUT2D eigenvalue weighted by molar-refractivity contribution is 0.269. The lowest BCUT2D eigenvalue weighted by Crippen LogP contribution is -2.13. The highest BCUT2D eigenvalue weighted by molar-refractivity contribution is 7.92. The molecule has 0 atom stereocenters. The Morgan fingerprint density at radius 2 is 2.21 bits per heavy atom. The normalized spacial score (nSPS) is 11.5. The van der Waals surface area contributed by atoms with Gasteiger partial charge >= 0.3 is 0 Å². The van der Waals surface area contributed by atoms with Gasteiger partial charge in [0.25, 0.3) is 10.0 Å². The first-order chi connectivity index (χ1) is 9.01. The number of nitrogens with zero attached hydrogens (tertiary/aromatic N) is 3. The third kappa shape index (κ3) is 3.30. The molecule has 2 heterocycles. The van der Waals surface area contributed by atoms with Gasteiger partial charge in [0.1, 0.15) is 10.7 Å². The van der Waals surface area contributed by atoms with Crippen molar-refractivity contribution in [2.45, 2.75) is 18.4 Å². The van der Waals surface area contributed by atoms with Crippen LogP contribution in [0, 0.1) is 6.92 Å². The Morgan fingerprint density at radius 1 is 1.42 bits per heavy atom. The van der Waals surface area contributed by atoms with Crippen LogP contribution >= 0.6 is 0 Å². The van der Waals surface area contributed by atoms with Gasteiger partial charge in [0.2, 0.25) is 0 Å². The van der Waals surface area contributed by atoms with E-state index in [1.165, 1.54) is 17.1 Å². The van der Waals surface area contributed by atoms with Gasteiger partial charge in [0.15, 0.2) is 0 Å². The average molecular weight is 282 g/mol. The van der Waals surface area contributed by atoms with E-state index in [2.05, 4.69) is 14.8 Å². The molecular formula is C11H14N4O3S. The topological polar surface area (TPSA) is 97.1 Å². The van der Waals surface area contributed by atoms with Crippen molar-refractivity contribution in [3.05, 3.63) is 36.3 Å². The second kappa shape index (κ2) is 5.37. The highest BCUT2D eigenvalue weighted by atomic mass is 32.2. The Kier molecular flexibility index (Phi) is 3.82. The summed E-state index contributed by atoms with van der Waals surface area (Å²) in [5, 5.41) is 12.6. The largest absolute Gasteiger partial charge is 0.394 e. The van der Waals surface area contributed by atoms with E-state index in [0.29, 0.717) is 0 Å². The molecule has 2 aromatic heterocycles. The predicted molar refractivity (Wildman–Crippen MR) is 69.1 cm³/mol. The monoisotopic (exact) mass is 282 g/mol. The summed E-state index contributed by atoms with van der Waals surface area (Å²) in [5.74, 6) is 0.259. The van der Waals surface area contributed by atoms with Crippen LogP contribution < -0.4 is 4.72 Å². The molecule has 0 aliphatic heterocycles. The maximum Gasteiger partial charge on any atom is 0.266 e. The van der Waals surface area contributed by atoms with E-state index < -0.39 is 10.0 Å². The summed E-state index contributed by atoms with van der Waals surface area (Å²) in [4.78, 5) is 4.10. The van der Waals surface area contributed by atoms with Crippen LogP contribution in [0.15, 0.2) is 35.5 Å². The van der Waals surface area contributed by atoms with Crippen LogP contribution in [0.1, 0.15) is 5.69 Å². The SMILES string of the molecule is Cc1cccc(NS(=O)(=O)c2cnn(CCO)c2)n1. The molecule has 0 saturated carbocycles. The number of hydrogen-bond donors (Lipinski definition) is 2. The second-order valence-corrected chi connectivity index (χ2v) is 5.61. The minimum absolute atomic E-state index is 0.0317. The van der Waals surface area contributed by atoms with Gasteiger partial charge in [-0.05, 0) is 19.1 Å². The summed E-state index contributed by atoms with van der Waals surface area (Å²) in [5.41, 5.74) is 0.719. The molecule has 0 bridgehead atoms. The number of hydrogen-bond acceptors (Lipinski definition) is 5. The fourth-order valence-electron chi connectivity index (χ4n) is 1.50. The number of aliphatic hydroxyl groups excluding tert-OH is 1. The number of aliphatic hydroxyl groups is 1. The van der Waals surface area contributed by atoms with E-state index in [4.69, 9.17) is 5.11 Å². The zero-order chi connectivity index (χ0) is 13.9. The van der Waals surface area contributed by atoms with Gasteiger partial charge in [0, 0.05) is 11.9 Å². The van der Waals surface area contributed by atoms with E-state index in [-0.39, 0.29) is 23.9 Å². The van der Waals surface area contributed by atoms with Crippen LogP contribution in [-0.4, -0.2) is 34.9 Å². The number of sulfonamides is 1. The number of rotatable bonds is 5. The summed E-state index contributed by atoms with van der Waals surface area (Å²) in [7, 11) is -3.71. The average Bonchev–Trinajstić information content (AvgIpc) is 2.78. The van der Waals surface area contributed by atoms with Crippen molar-refractivity contribution in [1.82, 2.24) is 14.8 Å². The smallest absolute Gasteiger partial charge is 0.266 e. The Hall–Kier alpha value is -1.93. The van der Waals surface area contributed by atoms with Crippen molar-refractivity contribution in [2.75, 3.05) is 11.3 Å². The molecule has 0 radical (unpaired) electrons. The molecule has 2 N–H and O–H groups in total. The highest BCUT2D eigenvalue weighted by Gasteiger charge is 2.17. The van der Waals surface area contributed by atoms with Gasteiger partial charge in [0.05, 0.1) is 19.3 Å². The molecule has 2 rings (SSSR count). The molecule has 7 nitrogen and oxygen atoms in total. The van der Waals surface area contributed by atoms with Gasteiger partial charge in [-0.25, -0.2) is 13.4 Å². The molecule has 0 aliphatic rings. The quantitative estimate of drug-likeness (QED) is 0.826. The fraction of sp³-hybridized carbons (Fsp3) is 0.273. The van der Waals surface area contributed by atoms with Crippen molar-refractivity contribution in [3.63, 3.8) is 0 Å². The Bertz CT molecular complexity index is 666. The first kappa shape index (κ1) is 13.5. The first-order valence-corrected chi connectivity index (χ1v) is 7.09. The van der Waals surface area contributed by atoms with Gasteiger partial charge in [-0.2, -0.15) is 5.10 Å². The van der Waals surface area contributed by atoms with Gasteiger partial charge in [-0.15, -0.1) is 0 Å². The molecule has 2 aromatic rings. The highest BCUT2D eigenvalue weighted by Crippen LogP contribution is 2.13. The maximum absolute atomic E-state index is 12.1. The van der Waals surface area contributed by atoms with Crippen molar-refractivity contribution < 1.29 is 13.5 Å². The van der Waals surface area contributed by atoms with Crippen LogP contribution in [0.5, 0.6) is 0 Å². The number of nitrogens with one attached hydrogen (secondary N) is 1. The summed E-state index contributed by atoms with van der Waals surface area (Å²) < 4.78 is 27.9. The molecule has 0 amide bonds. The Morgan fingerprint density at radius 3 is 2.89 bits per heavy atom. The van der Waals surface area contributed by atoms with Crippen LogP contribution in [0.2, 0.25) is 0 Å². The molecule has 0 aliphatic carbocycles. The molecule has 0 fully saturated rings. The van der Waals surface area contributed by atoms with E-state index in [1.807, 2.05) is 0 Å². The van der Waals surface area contributed by atoms with Crippen LogP contribution in [-0.2, 0) is 16.6 Å². The molecule has 0 spiro atoms. The first-order valence-electron chi connectivity index (χ1n) is 5.61. The van der Waals surface area contributed by atoms with E-state index in [0.717, 1.165) is 5.69 Å². The van der Waals surface area contributed by atoms with Gasteiger partial charge < -0.3 is 5.11 Å². The Balaban J connectivity index is 2.22. The predicted octanol–water partition coefficient (Wildman–Crippen LogP) is 0.380. The standard InChI is InChI=1S/C11H14N4O3S/c1-9-3-2-4-11(13-9)14-19(17,18)10-7-12-15(8-10)5-6-16/h2-4,7-8,16H,5-6H2,1H3,(H,13,14). The third-order valence-corrected chi connectivity index (χ3v) is 3.69. The summed E-state index contributed by atoms with van der Waals surface area (Å²) in [6.45, 7) is 1.92. The Labute approximate surface area is 111 Å². The lowest BCUT2D eigenvalue weighted by atomic mass is 10.4. The third-order valence-electron chi connectivity index (χ3n) is 2.38. The van der Waals surface area contributed by atoms with E-state index >= 15 is 0 Å². The van der Waals surface area contributed by atoms with Crippen LogP contribution in [0.25, 0.3) is 0 Å².